The Hall–Kier alpha value is -1.11. The van der Waals surface area contributed by atoms with E-state index in [4.69, 9.17) is 9.88 Å². The molecule has 1 aliphatic rings. The van der Waals surface area contributed by atoms with Gasteiger partial charge in [-0.15, -0.1) is 0 Å². The second kappa shape index (κ2) is 4.64. The largest absolute Gasteiger partial charge is 0.383 e. The Bertz CT molecular complexity index is 513. The Labute approximate surface area is 101 Å². The lowest BCUT2D eigenvalue weighted by molar-refractivity contribution is 0.205. The Kier molecular flexibility index (Phi) is 3.37. The molecule has 94 valence electrons. The van der Waals surface area contributed by atoms with E-state index in [9.17, 15) is 8.42 Å². The summed E-state index contributed by atoms with van der Waals surface area (Å²) in [5, 5.41) is 5.10. The third-order valence-corrected chi connectivity index (χ3v) is 3.85. The molecular formula is C11H16N2O3S. The maximum atomic E-state index is 11.2. The van der Waals surface area contributed by atoms with Crippen LogP contribution in [0.15, 0.2) is 23.1 Å². The molecule has 0 fully saturated rings. The Morgan fingerprint density at radius 1 is 1.47 bits per heavy atom. The van der Waals surface area contributed by atoms with Crippen molar-refractivity contribution >= 4 is 15.7 Å². The molecule has 5 nitrogen and oxygen atoms in total. The summed E-state index contributed by atoms with van der Waals surface area (Å²) in [6, 6.07) is 5.04. The van der Waals surface area contributed by atoms with E-state index < -0.39 is 10.0 Å². The molecule has 0 unspecified atom stereocenters. The lowest BCUT2D eigenvalue weighted by Gasteiger charge is -2.18. The van der Waals surface area contributed by atoms with Gasteiger partial charge in [-0.05, 0) is 30.2 Å². The van der Waals surface area contributed by atoms with Crippen LogP contribution in [0.4, 0.5) is 5.69 Å². The Morgan fingerprint density at radius 3 is 2.88 bits per heavy atom. The minimum absolute atomic E-state index is 0.185. The number of fused-ring (bicyclic) bond motifs is 1. The quantitative estimate of drug-likeness (QED) is 0.843. The summed E-state index contributed by atoms with van der Waals surface area (Å²) >= 11 is 0. The number of rotatable bonds is 4. The van der Waals surface area contributed by atoms with E-state index in [1.54, 1.807) is 19.2 Å². The van der Waals surface area contributed by atoms with Crippen LogP contribution in [-0.2, 0) is 21.2 Å². The molecule has 0 aromatic heterocycles. The normalized spacial score (nSPS) is 15.1. The molecule has 0 spiro atoms. The molecule has 2 rings (SSSR count). The average Bonchev–Trinajstić information content (AvgIpc) is 2.67. The van der Waals surface area contributed by atoms with Gasteiger partial charge in [-0.1, -0.05) is 0 Å². The molecule has 1 aromatic rings. The fourth-order valence-electron chi connectivity index (χ4n) is 2.06. The maximum absolute atomic E-state index is 11.2. The average molecular weight is 256 g/mol. The highest BCUT2D eigenvalue weighted by Crippen LogP contribution is 2.29. The van der Waals surface area contributed by atoms with Crippen molar-refractivity contribution in [3.8, 4) is 0 Å². The van der Waals surface area contributed by atoms with Crippen LogP contribution in [0.25, 0.3) is 0 Å². The molecule has 6 heteroatoms. The summed E-state index contributed by atoms with van der Waals surface area (Å²) in [6.07, 6.45) is 0.850. The van der Waals surface area contributed by atoms with Crippen molar-refractivity contribution in [1.29, 1.82) is 0 Å². The molecule has 2 N–H and O–H groups in total. The van der Waals surface area contributed by atoms with Gasteiger partial charge < -0.3 is 9.64 Å². The lowest BCUT2D eigenvalue weighted by atomic mass is 10.2. The van der Waals surface area contributed by atoms with E-state index >= 15 is 0 Å². The first-order valence-electron chi connectivity index (χ1n) is 5.42. The molecular weight excluding hydrogens is 240 g/mol. The highest BCUT2D eigenvalue weighted by atomic mass is 32.2. The third kappa shape index (κ3) is 2.59. The number of benzene rings is 1. The summed E-state index contributed by atoms with van der Waals surface area (Å²) in [5.41, 5.74) is 2.11. The SMILES string of the molecule is COCCN1CCc2cc(S(N)(=O)=O)ccc21. The van der Waals surface area contributed by atoms with Gasteiger partial charge in [-0.2, -0.15) is 0 Å². The summed E-state index contributed by atoms with van der Waals surface area (Å²) < 4.78 is 27.5. The van der Waals surface area contributed by atoms with Crippen LogP contribution < -0.4 is 10.0 Å². The fraction of sp³-hybridized carbons (Fsp3) is 0.455. The minimum atomic E-state index is -3.60. The van der Waals surface area contributed by atoms with Gasteiger partial charge >= 0.3 is 0 Å². The van der Waals surface area contributed by atoms with Crippen molar-refractivity contribution in [2.75, 3.05) is 31.7 Å². The van der Waals surface area contributed by atoms with Crippen molar-refractivity contribution < 1.29 is 13.2 Å². The fourth-order valence-corrected chi connectivity index (χ4v) is 2.62. The number of nitrogens with two attached hydrogens (primary N) is 1. The highest BCUT2D eigenvalue weighted by Gasteiger charge is 2.20. The summed E-state index contributed by atoms with van der Waals surface area (Å²) in [7, 11) is -1.93. The van der Waals surface area contributed by atoms with Gasteiger partial charge in [0.15, 0.2) is 0 Å². The zero-order valence-corrected chi connectivity index (χ0v) is 10.5. The molecule has 0 amide bonds. The Morgan fingerprint density at radius 2 is 2.24 bits per heavy atom. The number of hydrogen-bond acceptors (Lipinski definition) is 4. The molecule has 0 aliphatic carbocycles. The second-order valence-corrected chi connectivity index (χ2v) is 5.63. The standard InChI is InChI=1S/C11H16N2O3S/c1-16-7-6-13-5-4-9-8-10(17(12,14)15)2-3-11(9)13/h2-3,8H,4-7H2,1H3,(H2,12,14,15). The van der Waals surface area contributed by atoms with Gasteiger partial charge in [0, 0.05) is 25.9 Å². The number of methoxy groups -OCH3 is 1. The first kappa shape index (κ1) is 12.3. The van der Waals surface area contributed by atoms with Crippen LogP contribution in [0.1, 0.15) is 5.56 Å². The van der Waals surface area contributed by atoms with Gasteiger partial charge in [-0.25, -0.2) is 13.6 Å². The summed E-state index contributed by atoms with van der Waals surface area (Å²) in [5.74, 6) is 0. The topological polar surface area (TPSA) is 72.6 Å². The van der Waals surface area contributed by atoms with Crippen LogP contribution >= 0.6 is 0 Å². The molecule has 17 heavy (non-hydrogen) atoms. The van der Waals surface area contributed by atoms with Crippen molar-refractivity contribution in [2.24, 2.45) is 5.14 Å². The van der Waals surface area contributed by atoms with E-state index in [1.165, 1.54) is 0 Å². The lowest BCUT2D eigenvalue weighted by Crippen LogP contribution is -2.24. The van der Waals surface area contributed by atoms with Crippen LogP contribution in [0.3, 0.4) is 0 Å². The molecule has 0 saturated heterocycles. The van der Waals surface area contributed by atoms with Gasteiger partial charge in [0.25, 0.3) is 0 Å². The van der Waals surface area contributed by atoms with E-state index in [-0.39, 0.29) is 4.90 Å². The highest BCUT2D eigenvalue weighted by molar-refractivity contribution is 7.89. The van der Waals surface area contributed by atoms with Gasteiger partial charge in [0.1, 0.15) is 0 Å². The number of sulfonamides is 1. The molecule has 1 aliphatic heterocycles. The number of primary sulfonamides is 1. The maximum Gasteiger partial charge on any atom is 0.238 e. The number of hydrogen-bond donors (Lipinski definition) is 1. The van der Waals surface area contributed by atoms with Gasteiger partial charge in [0.2, 0.25) is 10.0 Å². The van der Waals surface area contributed by atoms with Gasteiger partial charge in [0.05, 0.1) is 11.5 Å². The molecule has 0 bridgehead atoms. The number of ether oxygens (including phenoxy) is 1. The third-order valence-electron chi connectivity index (χ3n) is 2.94. The van der Waals surface area contributed by atoms with E-state index in [1.807, 2.05) is 6.07 Å². The predicted molar refractivity (Wildman–Crippen MR) is 65.6 cm³/mol. The molecule has 0 radical (unpaired) electrons. The van der Waals surface area contributed by atoms with Crippen molar-refractivity contribution in [3.63, 3.8) is 0 Å². The second-order valence-electron chi connectivity index (χ2n) is 4.07. The number of anilines is 1. The van der Waals surface area contributed by atoms with Crippen molar-refractivity contribution in [2.45, 2.75) is 11.3 Å². The van der Waals surface area contributed by atoms with Crippen LogP contribution in [0, 0.1) is 0 Å². The van der Waals surface area contributed by atoms with E-state index in [2.05, 4.69) is 4.90 Å². The molecule has 0 saturated carbocycles. The smallest absolute Gasteiger partial charge is 0.238 e. The molecule has 1 aromatic carbocycles. The van der Waals surface area contributed by atoms with Crippen molar-refractivity contribution in [3.05, 3.63) is 23.8 Å². The zero-order chi connectivity index (χ0) is 12.5. The number of nitrogens with zero attached hydrogens (tertiary/aromatic N) is 1. The minimum Gasteiger partial charge on any atom is -0.383 e. The summed E-state index contributed by atoms with van der Waals surface area (Å²) in [6.45, 7) is 2.38. The van der Waals surface area contributed by atoms with E-state index in [0.29, 0.717) is 6.61 Å². The van der Waals surface area contributed by atoms with Gasteiger partial charge in [-0.3, -0.25) is 0 Å². The first-order valence-corrected chi connectivity index (χ1v) is 6.96. The van der Waals surface area contributed by atoms with E-state index in [0.717, 1.165) is 30.8 Å². The monoisotopic (exact) mass is 256 g/mol. The zero-order valence-electron chi connectivity index (χ0n) is 9.72. The molecule has 0 atom stereocenters. The predicted octanol–water partition coefficient (Wildman–Crippen LogP) is 0.343. The van der Waals surface area contributed by atoms with Crippen LogP contribution in [0.5, 0.6) is 0 Å². The van der Waals surface area contributed by atoms with Crippen molar-refractivity contribution in [1.82, 2.24) is 0 Å². The molecule has 1 heterocycles. The summed E-state index contributed by atoms with van der Waals surface area (Å²) in [4.78, 5) is 2.37. The first-order chi connectivity index (χ1) is 8.02. The van der Waals surface area contributed by atoms with Crippen LogP contribution in [0.2, 0.25) is 0 Å². The Balaban J connectivity index is 2.26. The van der Waals surface area contributed by atoms with Crippen LogP contribution in [-0.4, -0.2) is 35.2 Å².